The fourth-order valence-corrected chi connectivity index (χ4v) is 3.12. The molecular formula is C17H17N5O2. The second kappa shape index (κ2) is 5.59. The lowest BCUT2D eigenvalue weighted by atomic mass is 10.1. The maximum atomic E-state index is 12.8. The van der Waals surface area contributed by atoms with Crippen LogP contribution in [0.15, 0.2) is 30.6 Å². The number of amides is 1. The molecule has 4 heterocycles. The van der Waals surface area contributed by atoms with Crippen molar-refractivity contribution in [3.8, 4) is 5.88 Å². The summed E-state index contributed by atoms with van der Waals surface area (Å²) in [6, 6.07) is 5.44. The summed E-state index contributed by atoms with van der Waals surface area (Å²) in [5, 5.41) is 4.50. The van der Waals surface area contributed by atoms with Gasteiger partial charge in [0.05, 0.1) is 18.5 Å². The number of rotatable bonds is 2. The van der Waals surface area contributed by atoms with Crippen molar-refractivity contribution in [1.29, 1.82) is 0 Å². The van der Waals surface area contributed by atoms with Gasteiger partial charge in [-0.15, -0.1) is 0 Å². The number of ether oxygens (including phenoxy) is 1. The predicted octanol–water partition coefficient (Wildman–Crippen LogP) is 1.64. The highest BCUT2D eigenvalue weighted by atomic mass is 16.5. The molecule has 0 radical (unpaired) electrons. The van der Waals surface area contributed by atoms with Crippen molar-refractivity contribution in [2.75, 3.05) is 13.7 Å². The van der Waals surface area contributed by atoms with Gasteiger partial charge in [0.25, 0.3) is 5.91 Å². The average molecular weight is 323 g/mol. The third kappa shape index (κ3) is 2.29. The molecule has 0 unspecified atom stereocenters. The fraction of sp³-hybridized carbons (Fsp3) is 0.294. The summed E-state index contributed by atoms with van der Waals surface area (Å²) in [4.78, 5) is 23.2. The van der Waals surface area contributed by atoms with E-state index in [4.69, 9.17) is 4.74 Å². The molecule has 0 atom stereocenters. The van der Waals surface area contributed by atoms with Crippen LogP contribution in [0.5, 0.6) is 5.88 Å². The maximum Gasteiger partial charge on any atom is 0.259 e. The Bertz CT molecular complexity index is 934. The minimum absolute atomic E-state index is 0.0812. The van der Waals surface area contributed by atoms with E-state index in [1.54, 1.807) is 23.2 Å². The van der Waals surface area contributed by atoms with E-state index < -0.39 is 0 Å². The van der Waals surface area contributed by atoms with E-state index in [0.717, 1.165) is 29.0 Å². The third-order valence-corrected chi connectivity index (χ3v) is 4.25. The van der Waals surface area contributed by atoms with Gasteiger partial charge in [0, 0.05) is 43.5 Å². The number of pyridine rings is 1. The van der Waals surface area contributed by atoms with Crippen molar-refractivity contribution in [3.05, 3.63) is 53.1 Å². The molecule has 0 saturated carbocycles. The largest absolute Gasteiger partial charge is 0.480 e. The van der Waals surface area contributed by atoms with Crippen molar-refractivity contribution in [2.24, 2.45) is 0 Å². The standard InChI is InChI=1S/C17H17N5O2/c1-11-8-15-19-9-12-10-21(7-5-14(12)22(15)20-11)17(23)13-4-3-6-18-16(13)24-2/h3-4,6,8-9H,5,7,10H2,1-2H3. The Labute approximate surface area is 138 Å². The van der Waals surface area contributed by atoms with E-state index in [9.17, 15) is 4.79 Å². The Morgan fingerprint density at radius 1 is 1.33 bits per heavy atom. The molecule has 0 N–H and O–H groups in total. The van der Waals surface area contributed by atoms with Gasteiger partial charge in [0.1, 0.15) is 5.56 Å². The van der Waals surface area contributed by atoms with Crippen LogP contribution in [0.3, 0.4) is 0 Å². The van der Waals surface area contributed by atoms with Crippen LogP contribution in [-0.2, 0) is 13.0 Å². The molecule has 1 amide bonds. The van der Waals surface area contributed by atoms with Crippen LogP contribution < -0.4 is 4.74 Å². The number of methoxy groups -OCH3 is 1. The number of hydrogen-bond acceptors (Lipinski definition) is 5. The van der Waals surface area contributed by atoms with E-state index in [-0.39, 0.29) is 5.91 Å². The van der Waals surface area contributed by atoms with E-state index in [0.29, 0.717) is 24.5 Å². The van der Waals surface area contributed by atoms with E-state index in [1.807, 2.05) is 23.7 Å². The summed E-state index contributed by atoms with van der Waals surface area (Å²) in [6.45, 7) is 3.09. The summed E-state index contributed by atoms with van der Waals surface area (Å²) in [5.74, 6) is 0.270. The zero-order valence-electron chi connectivity index (χ0n) is 13.6. The quantitative estimate of drug-likeness (QED) is 0.717. The molecule has 1 aliphatic heterocycles. The van der Waals surface area contributed by atoms with Crippen LogP contribution in [0, 0.1) is 6.92 Å². The maximum absolute atomic E-state index is 12.8. The lowest BCUT2D eigenvalue weighted by Gasteiger charge is -2.29. The molecule has 1 aliphatic rings. The van der Waals surface area contributed by atoms with Crippen LogP contribution >= 0.6 is 0 Å². The lowest BCUT2D eigenvalue weighted by Crippen LogP contribution is -2.37. The zero-order valence-corrected chi connectivity index (χ0v) is 13.6. The number of fused-ring (bicyclic) bond motifs is 3. The number of carbonyl (C=O) groups is 1. The average Bonchev–Trinajstić information content (AvgIpc) is 3.01. The highest BCUT2D eigenvalue weighted by Gasteiger charge is 2.26. The Kier molecular flexibility index (Phi) is 3.41. The van der Waals surface area contributed by atoms with Gasteiger partial charge >= 0.3 is 0 Å². The first kappa shape index (κ1) is 14.6. The Balaban J connectivity index is 1.67. The Hall–Kier alpha value is -2.96. The molecule has 0 aromatic carbocycles. The number of carbonyl (C=O) groups excluding carboxylic acids is 1. The highest BCUT2D eigenvalue weighted by molar-refractivity contribution is 5.96. The smallest absolute Gasteiger partial charge is 0.259 e. The van der Waals surface area contributed by atoms with Crippen molar-refractivity contribution >= 4 is 11.6 Å². The first-order valence-electron chi connectivity index (χ1n) is 7.79. The molecule has 24 heavy (non-hydrogen) atoms. The lowest BCUT2D eigenvalue weighted by molar-refractivity contribution is 0.0728. The molecule has 7 heteroatoms. The van der Waals surface area contributed by atoms with Gasteiger partial charge in [0.15, 0.2) is 5.65 Å². The molecule has 4 rings (SSSR count). The summed E-state index contributed by atoms with van der Waals surface area (Å²) >= 11 is 0. The topological polar surface area (TPSA) is 72.6 Å². The summed E-state index contributed by atoms with van der Waals surface area (Å²) in [7, 11) is 1.52. The number of aromatic nitrogens is 4. The predicted molar refractivity (Wildman–Crippen MR) is 87.0 cm³/mol. The SMILES string of the molecule is COc1ncccc1C(=O)N1CCc2c(cnc3cc(C)nn23)C1. The zero-order chi connectivity index (χ0) is 16.7. The Morgan fingerprint density at radius 2 is 2.21 bits per heavy atom. The molecule has 0 spiro atoms. The first-order chi connectivity index (χ1) is 11.7. The van der Waals surface area contributed by atoms with Crippen LogP contribution in [-0.4, -0.2) is 44.0 Å². The van der Waals surface area contributed by atoms with Gasteiger partial charge in [-0.1, -0.05) is 0 Å². The van der Waals surface area contributed by atoms with Crippen LogP contribution in [0.2, 0.25) is 0 Å². The number of aryl methyl sites for hydroxylation is 1. The molecule has 0 fully saturated rings. The monoisotopic (exact) mass is 323 g/mol. The fourth-order valence-electron chi connectivity index (χ4n) is 3.12. The second-order valence-electron chi connectivity index (χ2n) is 5.82. The van der Waals surface area contributed by atoms with E-state index in [2.05, 4.69) is 15.1 Å². The minimum atomic E-state index is -0.0812. The molecule has 7 nitrogen and oxygen atoms in total. The highest BCUT2D eigenvalue weighted by Crippen LogP contribution is 2.23. The third-order valence-electron chi connectivity index (χ3n) is 4.25. The van der Waals surface area contributed by atoms with Gasteiger partial charge < -0.3 is 9.64 Å². The molecule has 0 saturated heterocycles. The molecule has 0 bridgehead atoms. The molecule has 122 valence electrons. The van der Waals surface area contributed by atoms with Crippen molar-refractivity contribution in [2.45, 2.75) is 19.9 Å². The number of hydrogen-bond donors (Lipinski definition) is 0. The summed E-state index contributed by atoms with van der Waals surface area (Å²) in [6.07, 6.45) is 4.19. The normalized spacial score (nSPS) is 13.8. The Morgan fingerprint density at radius 3 is 3.04 bits per heavy atom. The van der Waals surface area contributed by atoms with Crippen molar-refractivity contribution in [1.82, 2.24) is 24.5 Å². The van der Waals surface area contributed by atoms with Crippen LogP contribution in [0.1, 0.15) is 27.3 Å². The summed E-state index contributed by atoms with van der Waals surface area (Å²) in [5.41, 5.74) is 4.41. The van der Waals surface area contributed by atoms with Gasteiger partial charge in [-0.25, -0.2) is 14.5 Å². The molecular weight excluding hydrogens is 306 g/mol. The van der Waals surface area contributed by atoms with Gasteiger partial charge in [-0.3, -0.25) is 4.79 Å². The molecule has 3 aromatic heterocycles. The van der Waals surface area contributed by atoms with E-state index in [1.165, 1.54) is 7.11 Å². The molecule has 0 aliphatic carbocycles. The summed E-state index contributed by atoms with van der Waals surface area (Å²) < 4.78 is 7.09. The van der Waals surface area contributed by atoms with E-state index >= 15 is 0 Å². The van der Waals surface area contributed by atoms with Gasteiger partial charge in [-0.2, -0.15) is 5.10 Å². The van der Waals surface area contributed by atoms with Crippen molar-refractivity contribution in [3.63, 3.8) is 0 Å². The van der Waals surface area contributed by atoms with Crippen LogP contribution in [0.25, 0.3) is 5.65 Å². The number of nitrogens with zero attached hydrogens (tertiary/aromatic N) is 5. The first-order valence-corrected chi connectivity index (χ1v) is 7.79. The molecule has 3 aromatic rings. The van der Waals surface area contributed by atoms with Crippen molar-refractivity contribution < 1.29 is 9.53 Å². The minimum Gasteiger partial charge on any atom is -0.480 e. The van der Waals surface area contributed by atoms with Gasteiger partial charge in [-0.05, 0) is 19.1 Å². The van der Waals surface area contributed by atoms with Crippen LogP contribution in [0.4, 0.5) is 0 Å². The van der Waals surface area contributed by atoms with Gasteiger partial charge in [0.2, 0.25) is 5.88 Å². The second-order valence-corrected chi connectivity index (χ2v) is 5.82.